The highest BCUT2D eigenvalue weighted by Crippen LogP contribution is 2.23. The van der Waals surface area contributed by atoms with Gasteiger partial charge in [0.25, 0.3) is 0 Å². The lowest BCUT2D eigenvalue weighted by Crippen LogP contribution is -2.07. The first-order valence-corrected chi connectivity index (χ1v) is 10.4. The van der Waals surface area contributed by atoms with E-state index in [-0.39, 0.29) is 5.91 Å². The Labute approximate surface area is 182 Å². The van der Waals surface area contributed by atoms with Crippen molar-refractivity contribution in [2.45, 2.75) is 20.3 Å². The van der Waals surface area contributed by atoms with Gasteiger partial charge in [-0.25, -0.2) is 4.98 Å². The minimum atomic E-state index is -0.186. The summed E-state index contributed by atoms with van der Waals surface area (Å²) in [6, 6.07) is 19.4. The molecule has 0 atom stereocenters. The van der Waals surface area contributed by atoms with E-state index in [0.29, 0.717) is 6.61 Å². The molecule has 0 spiro atoms. The number of benzene rings is 2. The van der Waals surface area contributed by atoms with E-state index in [1.165, 1.54) is 11.6 Å². The molecule has 0 bridgehead atoms. The van der Waals surface area contributed by atoms with E-state index in [9.17, 15) is 4.79 Å². The number of nitrogens with one attached hydrogen (secondary N) is 1. The van der Waals surface area contributed by atoms with Crippen molar-refractivity contribution in [3.63, 3.8) is 0 Å². The summed E-state index contributed by atoms with van der Waals surface area (Å²) in [6.45, 7) is 4.83. The lowest BCUT2D eigenvalue weighted by Gasteiger charge is -2.05. The summed E-state index contributed by atoms with van der Waals surface area (Å²) < 4.78 is 7.59. The van der Waals surface area contributed by atoms with Crippen LogP contribution in [0.1, 0.15) is 24.5 Å². The Bertz CT molecular complexity index is 1220. The van der Waals surface area contributed by atoms with Crippen LogP contribution in [0.25, 0.3) is 23.0 Å². The lowest BCUT2D eigenvalue weighted by molar-refractivity contribution is -0.111. The quantitative estimate of drug-likeness (QED) is 0.394. The summed E-state index contributed by atoms with van der Waals surface area (Å²) in [5.41, 5.74) is 5.54. The molecule has 0 radical (unpaired) electrons. The summed E-state index contributed by atoms with van der Waals surface area (Å²) in [5.74, 6) is 0.649. The first-order valence-electron chi connectivity index (χ1n) is 10.4. The summed E-state index contributed by atoms with van der Waals surface area (Å²) >= 11 is 0. The highest BCUT2D eigenvalue weighted by atomic mass is 16.5. The maximum Gasteiger partial charge on any atom is 0.248 e. The van der Waals surface area contributed by atoms with Gasteiger partial charge in [-0.05, 0) is 60.9 Å². The number of hydrogen-bond donors (Lipinski definition) is 1. The fourth-order valence-corrected chi connectivity index (χ4v) is 3.25. The average molecular weight is 412 g/mol. The Hall–Kier alpha value is -3.86. The van der Waals surface area contributed by atoms with Crippen molar-refractivity contribution in [2.75, 3.05) is 11.9 Å². The number of fused-ring (bicyclic) bond motifs is 1. The molecule has 1 amide bonds. The molecule has 0 saturated heterocycles. The van der Waals surface area contributed by atoms with Crippen LogP contribution in [0, 0.1) is 6.92 Å². The predicted molar refractivity (Wildman–Crippen MR) is 125 cm³/mol. The first kappa shape index (κ1) is 20.4. The van der Waals surface area contributed by atoms with Crippen molar-refractivity contribution in [2.24, 2.45) is 0 Å². The Kier molecular flexibility index (Phi) is 6.13. The summed E-state index contributed by atoms with van der Waals surface area (Å²) in [7, 11) is 0. The van der Waals surface area contributed by atoms with E-state index in [1.54, 1.807) is 6.08 Å². The molecule has 0 unspecified atom stereocenters. The minimum Gasteiger partial charge on any atom is -0.494 e. The van der Waals surface area contributed by atoms with Gasteiger partial charge in [-0.1, -0.05) is 37.3 Å². The number of rotatable bonds is 7. The van der Waals surface area contributed by atoms with Gasteiger partial charge in [-0.3, -0.25) is 4.79 Å². The van der Waals surface area contributed by atoms with Crippen LogP contribution in [0.3, 0.4) is 0 Å². The zero-order chi connectivity index (χ0) is 21.6. The number of carbonyl (C=O) groups excluding carboxylic acids is 1. The van der Waals surface area contributed by atoms with Crippen LogP contribution in [0.4, 0.5) is 5.69 Å². The van der Waals surface area contributed by atoms with Crippen molar-refractivity contribution in [3.8, 4) is 17.0 Å². The fourth-order valence-electron chi connectivity index (χ4n) is 3.25. The van der Waals surface area contributed by atoms with Gasteiger partial charge in [0.1, 0.15) is 11.4 Å². The minimum absolute atomic E-state index is 0.186. The van der Waals surface area contributed by atoms with Crippen molar-refractivity contribution < 1.29 is 9.53 Å². The number of ether oxygens (including phenoxy) is 1. The third kappa shape index (κ3) is 5.20. The molecule has 2 heterocycles. The van der Waals surface area contributed by atoms with E-state index in [1.807, 2.05) is 77.5 Å². The number of aromatic nitrogens is 2. The number of nitrogens with zero attached hydrogens (tertiary/aromatic N) is 2. The van der Waals surface area contributed by atoms with E-state index < -0.39 is 0 Å². The topological polar surface area (TPSA) is 55.6 Å². The Morgan fingerprint density at radius 3 is 2.74 bits per heavy atom. The highest BCUT2D eigenvalue weighted by molar-refractivity contribution is 6.02. The van der Waals surface area contributed by atoms with Gasteiger partial charge >= 0.3 is 0 Å². The molecule has 0 fully saturated rings. The van der Waals surface area contributed by atoms with Crippen molar-refractivity contribution >= 4 is 23.3 Å². The van der Waals surface area contributed by atoms with Gasteiger partial charge in [0.05, 0.1) is 12.3 Å². The molecule has 0 aliphatic rings. The highest BCUT2D eigenvalue weighted by Gasteiger charge is 2.06. The molecule has 5 nitrogen and oxygen atoms in total. The first-order chi connectivity index (χ1) is 15.1. The van der Waals surface area contributed by atoms with Gasteiger partial charge in [0, 0.05) is 29.7 Å². The van der Waals surface area contributed by atoms with Crippen LogP contribution in [-0.2, 0) is 4.79 Å². The standard InChI is InChI=1S/C26H25N3O2/c1-3-15-31-23-11-8-20(9-12-23)10-14-26(30)27-22-6-4-5-21(16-22)24-18-29-17-19(2)7-13-25(29)28-24/h4-14,16-18H,3,15H2,1-2H3,(H,27,30)/b14-10+. The molecular weight excluding hydrogens is 386 g/mol. The molecule has 31 heavy (non-hydrogen) atoms. The number of pyridine rings is 1. The molecule has 0 saturated carbocycles. The van der Waals surface area contributed by atoms with Crippen molar-refractivity contribution in [1.29, 1.82) is 0 Å². The Morgan fingerprint density at radius 1 is 1.10 bits per heavy atom. The number of carbonyl (C=O) groups is 1. The van der Waals surface area contributed by atoms with Crippen molar-refractivity contribution in [3.05, 3.63) is 90.3 Å². The smallest absolute Gasteiger partial charge is 0.248 e. The predicted octanol–water partition coefficient (Wildman–Crippen LogP) is 5.75. The van der Waals surface area contributed by atoms with Crippen LogP contribution in [-0.4, -0.2) is 21.9 Å². The summed E-state index contributed by atoms with van der Waals surface area (Å²) in [6.07, 6.45) is 8.33. The SMILES string of the molecule is CCCOc1ccc(/C=C/C(=O)Nc2cccc(-c3cn4cc(C)ccc4n3)c2)cc1. The van der Waals surface area contributed by atoms with Crippen LogP contribution < -0.4 is 10.1 Å². The molecule has 2 aromatic heterocycles. The molecule has 156 valence electrons. The molecule has 4 aromatic rings. The van der Waals surface area contributed by atoms with Crippen LogP contribution >= 0.6 is 0 Å². The third-order valence-electron chi connectivity index (χ3n) is 4.80. The summed E-state index contributed by atoms with van der Waals surface area (Å²) in [5, 5.41) is 2.92. The van der Waals surface area contributed by atoms with E-state index in [4.69, 9.17) is 4.74 Å². The zero-order valence-electron chi connectivity index (χ0n) is 17.7. The largest absolute Gasteiger partial charge is 0.494 e. The number of anilines is 1. The molecule has 0 aliphatic heterocycles. The van der Waals surface area contributed by atoms with E-state index in [0.717, 1.165) is 40.3 Å². The van der Waals surface area contributed by atoms with Gasteiger partial charge in [0.15, 0.2) is 0 Å². The van der Waals surface area contributed by atoms with Crippen molar-refractivity contribution in [1.82, 2.24) is 9.38 Å². The maximum absolute atomic E-state index is 12.4. The molecule has 5 heteroatoms. The Balaban J connectivity index is 1.43. The second-order valence-corrected chi connectivity index (χ2v) is 7.42. The number of hydrogen-bond acceptors (Lipinski definition) is 3. The van der Waals surface area contributed by atoms with Crippen LogP contribution in [0.2, 0.25) is 0 Å². The van der Waals surface area contributed by atoms with Gasteiger partial charge in [0.2, 0.25) is 5.91 Å². The fraction of sp³-hybridized carbons (Fsp3) is 0.154. The third-order valence-corrected chi connectivity index (χ3v) is 4.80. The Morgan fingerprint density at radius 2 is 1.94 bits per heavy atom. The summed E-state index contributed by atoms with van der Waals surface area (Å²) in [4.78, 5) is 17.0. The second-order valence-electron chi connectivity index (χ2n) is 7.42. The van der Waals surface area contributed by atoms with Gasteiger partial charge < -0.3 is 14.5 Å². The normalized spacial score (nSPS) is 11.2. The van der Waals surface area contributed by atoms with Gasteiger partial charge in [-0.2, -0.15) is 0 Å². The number of imidazole rings is 1. The zero-order valence-corrected chi connectivity index (χ0v) is 17.7. The molecule has 4 rings (SSSR count). The molecular formula is C26H25N3O2. The number of amides is 1. The maximum atomic E-state index is 12.4. The number of aryl methyl sites for hydroxylation is 1. The average Bonchev–Trinajstić information content (AvgIpc) is 3.20. The second kappa shape index (κ2) is 9.30. The lowest BCUT2D eigenvalue weighted by atomic mass is 10.1. The van der Waals surface area contributed by atoms with Crippen LogP contribution in [0.15, 0.2) is 79.1 Å². The van der Waals surface area contributed by atoms with Gasteiger partial charge in [-0.15, -0.1) is 0 Å². The molecule has 2 aromatic carbocycles. The van der Waals surface area contributed by atoms with Crippen LogP contribution in [0.5, 0.6) is 5.75 Å². The molecule has 0 aliphatic carbocycles. The monoisotopic (exact) mass is 411 g/mol. The van der Waals surface area contributed by atoms with E-state index >= 15 is 0 Å². The molecule has 1 N–H and O–H groups in total. The van der Waals surface area contributed by atoms with E-state index in [2.05, 4.69) is 24.1 Å².